The van der Waals surface area contributed by atoms with E-state index in [2.05, 4.69) is 30.4 Å². The summed E-state index contributed by atoms with van der Waals surface area (Å²) in [5.74, 6) is -0.909. The van der Waals surface area contributed by atoms with Gasteiger partial charge in [0.15, 0.2) is 0 Å². The number of hydrogen-bond donors (Lipinski definition) is 2. The maximum absolute atomic E-state index is 11.0. The SMILES string of the molecule is CC(Nc1cccc(C(=O)O)c1)c1cc2ccccc2s1. The molecule has 1 aromatic heterocycles. The molecule has 2 N–H and O–H groups in total. The highest BCUT2D eigenvalue weighted by Crippen LogP contribution is 2.31. The van der Waals surface area contributed by atoms with Gasteiger partial charge in [-0.05, 0) is 42.6 Å². The predicted molar refractivity (Wildman–Crippen MR) is 87.3 cm³/mol. The third-order valence-electron chi connectivity index (χ3n) is 3.36. The molecule has 1 atom stereocenters. The van der Waals surface area contributed by atoms with Crippen LogP contribution in [0.5, 0.6) is 0 Å². The maximum Gasteiger partial charge on any atom is 0.335 e. The molecule has 0 amide bonds. The van der Waals surface area contributed by atoms with E-state index in [1.165, 1.54) is 15.0 Å². The van der Waals surface area contributed by atoms with Gasteiger partial charge in [-0.25, -0.2) is 4.79 Å². The lowest BCUT2D eigenvalue weighted by atomic mass is 10.1. The molecule has 3 rings (SSSR count). The lowest BCUT2D eigenvalue weighted by molar-refractivity contribution is 0.0697. The van der Waals surface area contributed by atoms with Gasteiger partial charge in [0.2, 0.25) is 0 Å². The average Bonchev–Trinajstić information content (AvgIpc) is 2.91. The molecule has 0 saturated carbocycles. The number of carboxylic acids is 1. The highest BCUT2D eigenvalue weighted by Gasteiger charge is 2.10. The number of rotatable bonds is 4. The Hall–Kier alpha value is -2.33. The minimum absolute atomic E-state index is 0.131. The van der Waals surface area contributed by atoms with Gasteiger partial charge >= 0.3 is 5.97 Å². The van der Waals surface area contributed by atoms with Crippen LogP contribution >= 0.6 is 11.3 Å². The normalized spacial score (nSPS) is 12.2. The van der Waals surface area contributed by atoms with Crippen LogP contribution < -0.4 is 5.32 Å². The van der Waals surface area contributed by atoms with Crippen LogP contribution in [0.2, 0.25) is 0 Å². The molecule has 0 spiro atoms. The van der Waals surface area contributed by atoms with Gasteiger partial charge in [-0.3, -0.25) is 0 Å². The van der Waals surface area contributed by atoms with E-state index in [9.17, 15) is 4.79 Å². The van der Waals surface area contributed by atoms with Gasteiger partial charge in [0.25, 0.3) is 0 Å². The topological polar surface area (TPSA) is 49.3 Å². The highest BCUT2D eigenvalue weighted by atomic mass is 32.1. The maximum atomic E-state index is 11.0. The van der Waals surface area contributed by atoms with Crippen molar-refractivity contribution >= 4 is 33.1 Å². The number of anilines is 1. The van der Waals surface area contributed by atoms with Crippen LogP contribution in [0.1, 0.15) is 28.2 Å². The van der Waals surface area contributed by atoms with Gasteiger partial charge in [0, 0.05) is 15.3 Å². The fourth-order valence-corrected chi connectivity index (χ4v) is 3.35. The van der Waals surface area contributed by atoms with E-state index in [0.29, 0.717) is 5.56 Å². The van der Waals surface area contributed by atoms with Crippen molar-refractivity contribution in [2.24, 2.45) is 0 Å². The zero-order chi connectivity index (χ0) is 14.8. The molecule has 0 aliphatic carbocycles. The van der Waals surface area contributed by atoms with Crippen molar-refractivity contribution in [3.8, 4) is 0 Å². The molecule has 1 heterocycles. The Morgan fingerprint density at radius 2 is 1.95 bits per heavy atom. The lowest BCUT2D eigenvalue weighted by Gasteiger charge is -2.14. The summed E-state index contributed by atoms with van der Waals surface area (Å²) < 4.78 is 1.26. The molecule has 0 radical (unpaired) electrons. The Labute approximate surface area is 126 Å². The van der Waals surface area contributed by atoms with Crippen molar-refractivity contribution in [3.05, 3.63) is 65.0 Å². The van der Waals surface area contributed by atoms with Crippen LogP contribution in [0.15, 0.2) is 54.6 Å². The second-order valence-corrected chi connectivity index (χ2v) is 6.05. The Morgan fingerprint density at radius 1 is 1.14 bits per heavy atom. The van der Waals surface area contributed by atoms with Crippen molar-refractivity contribution in [1.29, 1.82) is 0 Å². The smallest absolute Gasteiger partial charge is 0.335 e. The molecule has 0 aliphatic rings. The molecule has 3 aromatic rings. The minimum atomic E-state index is -0.909. The molecule has 0 fully saturated rings. The Bertz CT molecular complexity index is 761. The molecule has 106 valence electrons. The van der Waals surface area contributed by atoms with E-state index in [1.54, 1.807) is 29.5 Å². The van der Waals surface area contributed by atoms with Crippen LogP contribution in [-0.4, -0.2) is 11.1 Å². The first-order chi connectivity index (χ1) is 10.1. The van der Waals surface area contributed by atoms with Gasteiger partial charge in [-0.15, -0.1) is 11.3 Å². The third kappa shape index (κ3) is 2.90. The molecule has 4 heteroatoms. The van der Waals surface area contributed by atoms with Crippen molar-refractivity contribution in [2.75, 3.05) is 5.32 Å². The summed E-state index contributed by atoms with van der Waals surface area (Å²) in [5, 5.41) is 13.6. The Balaban J connectivity index is 1.84. The quantitative estimate of drug-likeness (QED) is 0.729. The molecule has 1 unspecified atom stereocenters. The first-order valence-corrected chi connectivity index (χ1v) is 7.53. The first kappa shape index (κ1) is 13.6. The summed E-state index contributed by atoms with van der Waals surface area (Å²) in [6.07, 6.45) is 0. The fourth-order valence-electron chi connectivity index (χ4n) is 2.28. The zero-order valence-corrected chi connectivity index (χ0v) is 12.4. The second-order valence-electron chi connectivity index (χ2n) is 4.94. The minimum Gasteiger partial charge on any atom is -0.478 e. The number of carboxylic acid groups (broad SMARTS) is 1. The number of nitrogens with one attached hydrogen (secondary N) is 1. The molecule has 21 heavy (non-hydrogen) atoms. The lowest BCUT2D eigenvalue weighted by Crippen LogP contribution is -2.06. The largest absolute Gasteiger partial charge is 0.478 e. The number of hydrogen-bond acceptors (Lipinski definition) is 3. The first-order valence-electron chi connectivity index (χ1n) is 6.72. The van der Waals surface area contributed by atoms with Crippen LogP contribution in [-0.2, 0) is 0 Å². The third-order valence-corrected chi connectivity index (χ3v) is 4.66. The van der Waals surface area contributed by atoms with Crippen molar-refractivity contribution < 1.29 is 9.90 Å². The van der Waals surface area contributed by atoms with E-state index in [1.807, 2.05) is 18.2 Å². The summed E-state index contributed by atoms with van der Waals surface area (Å²) in [5.41, 5.74) is 1.11. The summed E-state index contributed by atoms with van der Waals surface area (Å²) in [6.45, 7) is 2.08. The zero-order valence-electron chi connectivity index (χ0n) is 11.5. The van der Waals surface area contributed by atoms with E-state index >= 15 is 0 Å². The van der Waals surface area contributed by atoms with E-state index in [0.717, 1.165) is 5.69 Å². The molecule has 0 bridgehead atoms. The summed E-state index contributed by atoms with van der Waals surface area (Å²) >= 11 is 1.76. The monoisotopic (exact) mass is 297 g/mol. The van der Waals surface area contributed by atoms with Gasteiger partial charge in [-0.2, -0.15) is 0 Å². The van der Waals surface area contributed by atoms with Crippen LogP contribution in [0, 0.1) is 0 Å². The average molecular weight is 297 g/mol. The highest BCUT2D eigenvalue weighted by molar-refractivity contribution is 7.19. The number of aromatic carboxylic acids is 1. The van der Waals surface area contributed by atoms with Crippen molar-refractivity contribution in [1.82, 2.24) is 0 Å². The van der Waals surface area contributed by atoms with Crippen molar-refractivity contribution in [3.63, 3.8) is 0 Å². The molecule has 0 aliphatic heterocycles. The van der Waals surface area contributed by atoms with Crippen LogP contribution in [0.25, 0.3) is 10.1 Å². The molecular formula is C17H15NO2S. The molecule has 2 aromatic carbocycles. The van der Waals surface area contributed by atoms with Gasteiger partial charge in [0.1, 0.15) is 0 Å². The number of benzene rings is 2. The number of thiophene rings is 1. The Morgan fingerprint density at radius 3 is 2.71 bits per heavy atom. The van der Waals surface area contributed by atoms with Gasteiger partial charge in [-0.1, -0.05) is 24.3 Å². The molecule has 0 saturated heterocycles. The van der Waals surface area contributed by atoms with E-state index in [4.69, 9.17) is 5.11 Å². The molecule has 3 nitrogen and oxygen atoms in total. The van der Waals surface area contributed by atoms with Gasteiger partial charge in [0.05, 0.1) is 11.6 Å². The van der Waals surface area contributed by atoms with Crippen LogP contribution in [0.4, 0.5) is 5.69 Å². The fraction of sp³-hybridized carbons (Fsp3) is 0.118. The van der Waals surface area contributed by atoms with E-state index < -0.39 is 5.97 Å². The second kappa shape index (κ2) is 5.58. The standard InChI is InChI=1S/C17H15NO2S/c1-11(16-10-12-5-2-3-8-15(12)21-16)18-14-7-4-6-13(9-14)17(19)20/h2-11,18H,1H3,(H,19,20). The summed E-state index contributed by atoms with van der Waals surface area (Å²) in [7, 11) is 0. The molecular weight excluding hydrogens is 282 g/mol. The van der Waals surface area contributed by atoms with Crippen molar-refractivity contribution in [2.45, 2.75) is 13.0 Å². The number of carbonyl (C=O) groups is 1. The predicted octanol–water partition coefficient (Wildman–Crippen LogP) is 4.77. The summed E-state index contributed by atoms with van der Waals surface area (Å²) in [4.78, 5) is 12.2. The summed E-state index contributed by atoms with van der Waals surface area (Å²) in [6, 6.07) is 17.5. The van der Waals surface area contributed by atoms with Crippen LogP contribution in [0.3, 0.4) is 0 Å². The van der Waals surface area contributed by atoms with E-state index in [-0.39, 0.29) is 6.04 Å². The number of fused-ring (bicyclic) bond motifs is 1. The van der Waals surface area contributed by atoms with Gasteiger partial charge < -0.3 is 10.4 Å². The Kier molecular flexibility index (Phi) is 3.62.